The maximum Gasteiger partial charge on any atom is 0.327 e. The molecule has 0 spiro atoms. The first kappa shape index (κ1) is 28.0. The molecule has 3 atom stereocenters. The van der Waals surface area contributed by atoms with Gasteiger partial charge < -0.3 is 15.7 Å². The lowest BCUT2D eigenvalue weighted by Crippen LogP contribution is -2.43. The van der Waals surface area contributed by atoms with Crippen LogP contribution in [0.1, 0.15) is 72.3 Å². The number of thioether (sulfide) groups is 1. The number of carbonyl (C=O) groups is 3. The Morgan fingerprint density at radius 1 is 1.03 bits per heavy atom. The number of hydrogen-bond donors (Lipinski definition) is 3. The normalized spacial score (nSPS) is 14.5. The van der Waals surface area contributed by atoms with E-state index in [0.29, 0.717) is 17.4 Å². The lowest BCUT2D eigenvalue weighted by molar-refractivity contribution is -0.141. The molecular formula is C25H40N2O4S. The molecule has 2 amide bonds. The van der Waals surface area contributed by atoms with Crippen LogP contribution in [-0.4, -0.2) is 46.5 Å². The van der Waals surface area contributed by atoms with E-state index in [9.17, 15) is 19.5 Å². The third-order valence-corrected chi connectivity index (χ3v) is 6.01. The van der Waals surface area contributed by atoms with Crippen LogP contribution in [0.15, 0.2) is 30.3 Å². The van der Waals surface area contributed by atoms with Crippen LogP contribution < -0.4 is 10.6 Å². The minimum atomic E-state index is -1.03. The molecule has 0 aliphatic rings. The fraction of sp³-hybridized carbons (Fsp3) is 0.640. The van der Waals surface area contributed by atoms with Crippen molar-refractivity contribution in [3.63, 3.8) is 0 Å². The van der Waals surface area contributed by atoms with E-state index < -0.39 is 12.0 Å². The zero-order chi connectivity index (χ0) is 24.3. The smallest absolute Gasteiger partial charge is 0.327 e. The number of hydrogen-bond acceptors (Lipinski definition) is 4. The van der Waals surface area contributed by atoms with Crippen LogP contribution in [0.5, 0.6) is 0 Å². The highest BCUT2D eigenvalue weighted by molar-refractivity contribution is 7.99. The average Bonchev–Trinajstić information content (AvgIpc) is 2.67. The third kappa shape index (κ3) is 11.6. The summed E-state index contributed by atoms with van der Waals surface area (Å²) in [6.45, 7) is 12.0. The summed E-state index contributed by atoms with van der Waals surface area (Å²) in [7, 11) is 0. The first-order valence-corrected chi connectivity index (χ1v) is 12.5. The Kier molecular flexibility index (Phi) is 11.8. The summed E-state index contributed by atoms with van der Waals surface area (Å²) in [5, 5.41) is 15.1. The number of nitrogens with one attached hydrogen (secondary N) is 2. The molecule has 0 heterocycles. The highest BCUT2D eigenvalue weighted by Crippen LogP contribution is 2.24. The Balaban J connectivity index is 2.50. The van der Waals surface area contributed by atoms with Crippen molar-refractivity contribution in [2.24, 2.45) is 11.3 Å². The molecule has 0 aliphatic heterocycles. The Bertz CT molecular complexity index is 731. The van der Waals surface area contributed by atoms with Gasteiger partial charge in [-0.2, -0.15) is 11.8 Å². The van der Waals surface area contributed by atoms with E-state index in [-0.39, 0.29) is 35.6 Å². The van der Waals surface area contributed by atoms with Crippen LogP contribution >= 0.6 is 11.8 Å². The fourth-order valence-corrected chi connectivity index (χ4v) is 4.48. The number of carboxylic acid groups (broad SMARTS) is 1. The second kappa shape index (κ2) is 13.5. The molecular weight excluding hydrogens is 424 g/mol. The van der Waals surface area contributed by atoms with Crippen LogP contribution in [0.25, 0.3) is 0 Å². The molecule has 1 unspecified atom stereocenters. The van der Waals surface area contributed by atoms with Crippen molar-refractivity contribution >= 4 is 29.5 Å². The third-order valence-electron chi connectivity index (χ3n) is 4.92. The molecule has 180 valence electrons. The molecule has 7 heteroatoms. The van der Waals surface area contributed by atoms with E-state index in [2.05, 4.69) is 24.5 Å². The summed E-state index contributed by atoms with van der Waals surface area (Å²) in [5.74, 6) is -0.0325. The number of aliphatic carboxylic acids is 1. The van der Waals surface area contributed by atoms with E-state index in [0.717, 1.165) is 18.4 Å². The summed E-state index contributed by atoms with van der Waals surface area (Å²) in [5.41, 5.74) is 0.830. The minimum absolute atomic E-state index is 0.0212. The number of carbonyl (C=O) groups excluding carboxylic acids is 2. The van der Waals surface area contributed by atoms with Crippen molar-refractivity contribution in [1.82, 2.24) is 10.6 Å². The van der Waals surface area contributed by atoms with Gasteiger partial charge >= 0.3 is 5.97 Å². The lowest BCUT2D eigenvalue weighted by Gasteiger charge is -2.22. The van der Waals surface area contributed by atoms with Crippen molar-refractivity contribution in [3.8, 4) is 0 Å². The quantitative estimate of drug-likeness (QED) is 0.375. The van der Waals surface area contributed by atoms with Gasteiger partial charge in [0.25, 0.3) is 0 Å². The molecule has 0 fully saturated rings. The zero-order valence-electron chi connectivity index (χ0n) is 20.3. The number of rotatable bonds is 13. The predicted molar refractivity (Wildman–Crippen MR) is 132 cm³/mol. The van der Waals surface area contributed by atoms with Crippen molar-refractivity contribution < 1.29 is 19.5 Å². The van der Waals surface area contributed by atoms with Gasteiger partial charge in [-0.1, -0.05) is 65.0 Å². The van der Waals surface area contributed by atoms with Crippen molar-refractivity contribution in [2.45, 2.75) is 78.8 Å². The molecule has 6 nitrogen and oxygen atoms in total. The summed E-state index contributed by atoms with van der Waals surface area (Å²) in [6, 6.07) is 8.91. The number of benzene rings is 1. The molecule has 0 saturated carbocycles. The number of carboxylic acids is 1. The highest BCUT2D eigenvalue weighted by atomic mass is 32.2. The van der Waals surface area contributed by atoms with Crippen molar-refractivity contribution in [1.29, 1.82) is 0 Å². The summed E-state index contributed by atoms with van der Waals surface area (Å²) < 4.78 is 0. The standard InChI is InChI=1S/C25H40N2O4S/c1-17(2)14-20(19-10-8-7-9-11-19)23(29)26-18(3)12-13-32-16-21(24(30)31)27-22(28)15-25(4,5)6/h7-11,17-18,20-21H,12-16H2,1-6H3,(H,26,29)(H,27,28)(H,30,31)/t18-,20?,21+/m1/s1. The minimum Gasteiger partial charge on any atom is -0.480 e. The Hall–Kier alpha value is -2.02. The van der Waals surface area contributed by atoms with E-state index >= 15 is 0 Å². The van der Waals surface area contributed by atoms with Gasteiger partial charge in [-0.3, -0.25) is 9.59 Å². The maximum absolute atomic E-state index is 12.9. The molecule has 0 bridgehead atoms. The van der Waals surface area contributed by atoms with Gasteiger partial charge in [-0.15, -0.1) is 0 Å². The van der Waals surface area contributed by atoms with Crippen LogP contribution in [-0.2, 0) is 14.4 Å². The second-order valence-corrected chi connectivity index (χ2v) is 11.2. The highest BCUT2D eigenvalue weighted by Gasteiger charge is 2.24. The maximum atomic E-state index is 12.9. The molecule has 0 radical (unpaired) electrons. The largest absolute Gasteiger partial charge is 0.480 e. The first-order chi connectivity index (χ1) is 14.9. The van der Waals surface area contributed by atoms with E-state index in [1.807, 2.05) is 58.0 Å². The second-order valence-electron chi connectivity index (χ2n) is 10.1. The SMILES string of the molecule is CC(C)CC(C(=O)N[C@H](C)CCSC[C@H](NC(=O)CC(C)(C)C)C(=O)O)c1ccccc1. The predicted octanol–water partition coefficient (Wildman–Crippen LogP) is 4.45. The molecule has 1 aromatic carbocycles. The summed E-state index contributed by atoms with van der Waals surface area (Å²) >= 11 is 1.47. The van der Waals surface area contributed by atoms with E-state index in [1.165, 1.54) is 11.8 Å². The molecule has 1 aromatic rings. The molecule has 0 aromatic heterocycles. The summed E-state index contributed by atoms with van der Waals surface area (Å²) in [6.07, 6.45) is 1.79. The number of amides is 2. The lowest BCUT2D eigenvalue weighted by atomic mass is 9.89. The monoisotopic (exact) mass is 464 g/mol. The first-order valence-electron chi connectivity index (χ1n) is 11.3. The Labute approximate surface area is 197 Å². The van der Waals surface area contributed by atoms with Crippen molar-refractivity contribution in [3.05, 3.63) is 35.9 Å². The van der Waals surface area contributed by atoms with Crippen LogP contribution in [0.3, 0.4) is 0 Å². The van der Waals surface area contributed by atoms with Crippen LogP contribution in [0.2, 0.25) is 0 Å². The Morgan fingerprint density at radius 3 is 2.19 bits per heavy atom. The summed E-state index contributed by atoms with van der Waals surface area (Å²) in [4.78, 5) is 36.5. The van der Waals surface area contributed by atoms with Crippen LogP contribution in [0, 0.1) is 11.3 Å². The van der Waals surface area contributed by atoms with E-state index in [1.54, 1.807) is 0 Å². The van der Waals surface area contributed by atoms with E-state index in [4.69, 9.17) is 0 Å². The molecule has 1 rings (SSSR count). The fourth-order valence-electron chi connectivity index (χ4n) is 3.33. The molecule has 0 aliphatic carbocycles. The van der Waals surface area contributed by atoms with Gasteiger partial charge in [0.15, 0.2) is 0 Å². The molecule has 3 N–H and O–H groups in total. The topological polar surface area (TPSA) is 95.5 Å². The van der Waals surface area contributed by atoms with Crippen molar-refractivity contribution in [2.75, 3.05) is 11.5 Å². The van der Waals surface area contributed by atoms with Gasteiger partial charge in [0.2, 0.25) is 11.8 Å². The molecule has 0 saturated heterocycles. The average molecular weight is 465 g/mol. The Morgan fingerprint density at radius 2 is 1.66 bits per heavy atom. The van der Waals surface area contributed by atoms with Gasteiger partial charge in [-0.05, 0) is 42.4 Å². The van der Waals surface area contributed by atoms with Crippen LogP contribution in [0.4, 0.5) is 0 Å². The van der Waals surface area contributed by atoms with Gasteiger partial charge in [0.05, 0.1) is 5.92 Å². The van der Waals surface area contributed by atoms with Gasteiger partial charge in [0.1, 0.15) is 6.04 Å². The van der Waals surface area contributed by atoms with Gasteiger partial charge in [-0.25, -0.2) is 4.79 Å². The molecule has 32 heavy (non-hydrogen) atoms. The zero-order valence-corrected chi connectivity index (χ0v) is 21.1. The van der Waals surface area contributed by atoms with Gasteiger partial charge in [0, 0.05) is 18.2 Å².